The van der Waals surface area contributed by atoms with Crippen LogP contribution in [-0.4, -0.2) is 38.6 Å². The van der Waals surface area contributed by atoms with Crippen LogP contribution in [0.15, 0.2) is 12.3 Å². The minimum Gasteiger partial charge on any atom is -0.300 e. The molecule has 0 aromatic carbocycles. The van der Waals surface area contributed by atoms with E-state index in [0.717, 1.165) is 31.4 Å². The summed E-state index contributed by atoms with van der Waals surface area (Å²) in [5.41, 5.74) is 1.01. The van der Waals surface area contributed by atoms with Gasteiger partial charge in [-0.15, -0.1) is 0 Å². The van der Waals surface area contributed by atoms with Crippen molar-refractivity contribution < 1.29 is 9.59 Å². The molecule has 1 saturated heterocycles. The van der Waals surface area contributed by atoms with Crippen molar-refractivity contribution in [2.45, 2.75) is 57.2 Å². The average molecular weight is 290 g/mol. The summed E-state index contributed by atoms with van der Waals surface area (Å²) in [5, 5.41) is 7.30. The molecule has 0 radical (unpaired) electrons. The molecular weight excluding hydrogens is 268 g/mol. The van der Waals surface area contributed by atoms with Crippen molar-refractivity contribution in [3.63, 3.8) is 0 Å². The third-order valence-electron chi connectivity index (χ3n) is 4.57. The van der Waals surface area contributed by atoms with Gasteiger partial charge in [-0.3, -0.25) is 24.5 Å². The number of amides is 2. The van der Waals surface area contributed by atoms with Crippen LogP contribution in [0.3, 0.4) is 0 Å². The van der Waals surface area contributed by atoms with Gasteiger partial charge in [-0.05, 0) is 18.9 Å². The van der Waals surface area contributed by atoms with E-state index in [9.17, 15) is 9.59 Å². The zero-order valence-corrected chi connectivity index (χ0v) is 12.4. The second kappa shape index (κ2) is 5.97. The Hall–Kier alpha value is -1.69. The summed E-state index contributed by atoms with van der Waals surface area (Å²) in [5.74, 6) is -0.0662. The predicted octanol–water partition coefficient (Wildman–Crippen LogP) is 0.970. The molecule has 2 aliphatic rings. The van der Waals surface area contributed by atoms with E-state index in [-0.39, 0.29) is 30.3 Å². The molecule has 21 heavy (non-hydrogen) atoms. The van der Waals surface area contributed by atoms with Crippen LogP contribution in [0.4, 0.5) is 0 Å². The van der Waals surface area contributed by atoms with Gasteiger partial charge in [-0.1, -0.05) is 19.3 Å². The molecule has 0 spiro atoms. The Morgan fingerprint density at radius 3 is 2.71 bits per heavy atom. The highest BCUT2D eigenvalue weighted by atomic mass is 16.2. The molecule has 1 aromatic rings. The number of aromatic nitrogens is 2. The third-order valence-corrected chi connectivity index (χ3v) is 4.57. The third kappa shape index (κ3) is 2.85. The summed E-state index contributed by atoms with van der Waals surface area (Å²) in [6, 6.07) is 1.66. The molecule has 6 nitrogen and oxygen atoms in total. The summed E-state index contributed by atoms with van der Waals surface area (Å²) in [6.45, 7) is 0.554. The van der Waals surface area contributed by atoms with Crippen molar-refractivity contribution >= 4 is 11.8 Å². The smallest absolute Gasteiger partial charge is 0.247 e. The van der Waals surface area contributed by atoms with Gasteiger partial charge in [0.25, 0.3) is 0 Å². The summed E-state index contributed by atoms with van der Waals surface area (Å²) in [6.07, 6.45) is 7.40. The van der Waals surface area contributed by atoms with Crippen LogP contribution in [0.5, 0.6) is 0 Å². The second-order valence-corrected chi connectivity index (χ2v) is 5.98. The lowest BCUT2D eigenvalue weighted by Crippen LogP contribution is -2.44. The SMILES string of the molecule is Cn1nccc1CNC1CC(=O)N(C2CCCCC2)C1=O. The maximum absolute atomic E-state index is 12.5. The number of hydrogen-bond donors (Lipinski definition) is 1. The molecule has 1 atom stereocenters. The van der Waals surface area contributed by atoms with Gasteiger partial charge >= 0.3 is 0 Å². The van der Waals surface area contributed by atoms with Gasteiger partial charge in [0.2, 0.25) is 11.8 Å². The van der Waals surface area contributed by atoms with Crippen molar-refractivity contribution in [3.05, 3.63) is 18.0 Å². The van der Waals surface area contributed by atoms with Gasteiger partial charge in [0, 0.05) is 25.8 Å². The number of hydrogen-bond acceptors (Lipinski definition) is 4. The first-order chi connectivity index (χ1) is 10.2. The highest BCUT2D eigenvalue weighted by Gasteiger charge is 2.42. The van der Waals surface area contributed by atoms with E-state index in [1.807, 2.05) is 13.1 Å². The summed E-state index contributed by atoms with van der Waals surface area (Å²) in [4.78, 5) is 26.2. The van der Waals surface area contributed by atoms with Crippen LogP contribution in [0.25, 0.3) is 0 Å². The zero-order valence-electron chi connectivity index (χ0n) is 12.4. The minimum absolute atomic E-state index is 0.0191. The number of nitrogens with zero attached hydrogens (tertiary/aromatic N) is 3. The molecule has 1 aliphatic heterocycles. The quantitative estimate of drug-likeness (QED) is 0.839. The first kappa shape index (κ1) is 14.3. The van der Waals surface area contributed by atoms with E-state index in [0.29, 0.717) is 6.54 Å². The van der Waals surface area contributed by atoms with Crippen molar-refractivity contribution in [2.24, 2.45) is 7.05 Å². The Labute approximate surface area is 124 Å². The zero-order chi connectivity index (χ0) is 14.8. The lowest BCUT2D eigenvalue weighted by molar-refractivity contribution is -0.142. The summed E-state index contributed by atoms with van der Waals surface area (Å²) < 4.78 is 1.77. The lowest BCUT2D eigenvalue weighted by Gasteiger charge is -2.29. The lowest BCUT2D eigenvalue weighted by atomic mass is 9.94. The molecule has 2 fully saturated rings. The Bertz CT molecular complexity index is 534. The average Bonchev–Trinajstić information content (AvgIpc) is 3.01. The number of likely N-dealkylation sites (tertiary alicyclic amines) is 1. The monoisotopic (exact) mass is 290 g/mol. The molecule has 1 aromatic heterocycles. The number of carbonyl (C=O) groups is 2. The van der Waals surface area contributed by atoms with E-state index in [1.54, 1.807) is 10.9 Å². The Kier molecular flexibility index (Phi) is 4.05. The fraction of sp³-hybridized carbons (Fsp3) is 0.667. The molecule has 1 N–H and O–H groups in total. The number of imide groups is 1. The van der Waals surface area contributed by atoms with Crippen LogP contribution in [0, 0.1) is 0 Å². The van der Waals surface area contributed by atoms with Crippen molar-refractivity contribution in [3.8, 4) is 0 Å². The van der Waals surface area contributed by atoms with E-state index in [4.69, 9.17) is 0 Å². The topological polar surface area (TPSA) is 67.2 Å². The van der Waals surface area contributed by atoms with Crippen LogP contribution in [0.1, 0.15) is 44.2 Å². The molecular formula is C15H22N4O2. The Balaban J connectivity index is 1.61. The van der Waals surface area contributed by atoms with Crippen LogP contribution in [0.2, 0.25) is 0 Å². The standard InChI is InChI=1S/C15H22N4O2/c1-18-12(7-8-17-18)10-16-13-9-14(20)19(15(13)21)11-5-3-2-4-6-11/h7-8,11,13,16H,2-6,9-10H2,1H3. The van der Waals surface area contributed by atoms with E-state index < -0.39 is 0 Å². The van der Waals surface area contributed by atoms with Crippen LogP contribution < -0.4 is 5.32 Å². The Morgan fingerprint density at radius 1 is 1.29 bits per heavy atom. The predicted molar refractivity (Wildman–Crippen MR) is 77.2 cm³/mol. The highest BCUT2D eigenvalue weighted by Crippen LogP contribution is 2.27. The summed E-state index contributed by atoms with van der Waals surface area (Å²) in [7, 11) is 1.87. The van der Waals surface area contributed by atoms with Crippen molar-refractivity contribution in [2.75, 3.05) is 0 Å². The number of carbonyl (C=O) groups excluding carboxylic acids is 2. The fourth-order valence-corrected chi connectivity index (χ4v) is 3.34. The largest absolute Gasteiger partial charge is 0.300 e. The Morgan fingerprint density at radius 2 is 2.05 bits per heavy atom. The number of aryl methyl sites for hydroxylation is 1. The first-order valence-electron chi connectivity index (χ1n) is 7.73. The molecule has 2 amide bonds. The van der Waals surface area contributed by atoms with E-state index in [2.05, 4.69) is 10.4 Å². The van der Waals surface area contributed by atoms with Gasteiger partial charge in [0.15, 0.2) is 0 Å². The van der Waals surface area contributed by atoms with Crippen LogP contribution in [-0.2, 0) is 23.2 Å². The minimum atomic E-state index is -0.380. The summed E-state index contributed by atoms with van der Waals surface area (Å²) >= 11 is 0. The van der Waals surface area contributed by atoms with Gasteiger partial charge in [-0.2, -0.15) is 5.10 Å². The molecule has 1 saturated carbocycles. The van der Waals surface area contributed by atoms with Gasteiger partial charge in [0.05, 0.1) is 18.2 Å². The normalized spacial score (nSPS) is 24.0. The number of nitrogens with one attached hydrogen (secondary N) is 1. The molecule has 114 valence electrons. The molecule has 6 heteroatoms. The van der Waals surface area contributed by atoms with E-state index >= 15 is 0 Å². The number of rotatable bonds is 4. The van der Waals surface area contributed by atoms with Gasteiger partial charge in [0.1, 0.15) is 0 Å². The first-order valence-corrected chi connectivity index (χ1v) is 7.73. The highest BCUT2D eigenvalue weighted by molar-refractivity contribution is 6.05. The fourth-order valence-electron chi connectivity index (χ4n) is 3.34. The molecule has 1 unspecified atom stereocenters. The second-order valence-electron chi connectivity index (χ2n) is 5.98. The molecule has 0 bridgehead atoms. The molecule has 2 heterocycles. The molecule has 3 rings (SSSR count). The van der Waals surface area contributed by atoms with Gasteiger partial charge in [-0.25, -0.2) is 0 Å². The van der Waals surface area contributed by atoms with E-state index in [1.165, 1.54) is 11.3 Å². The maximum atomic E-state index is 12.5. The maximum Gasteiger partial charge on any atom is 0.247 e. The van der Waals surface area contributed by atoms with Crippen molar-refractivity contribution in [1.29, 1.82) is 0 Å². The van der Waals surface area contributed by atoms with Crippen LogP contribution >= 0.6 is 0 Å². The molecule has 1 aliphatic carbocycles. The van der Waals surface area contributed by atoms with Gasteiger partial charge < -0.3 is 0 Å². The van der Waals surface area contributed by atoms with Crippen molar-refractivity contribution in [1.82, 2.24) is 20.0 Å².